The molecule has 0 radical (unpaired) electrons. The molecule has 0 aliphatic carbocycles. The number of allylic oxidation sites excluding steroid dienone is 1. The van der Waals surface area contributed by atoms with E-state index in [-0.39, 0.29) is 17.1 Å². The number of aliphatic hydroxyl groups excluding tert-OH is 1. The molecule has 0 aliphatic heterocycles. The Kier molecular flexibility index (Phi) is 3.18. The summed E-state index contributed by atoms with van der Waals surface area (Å²) in [5.41, 5.74) is 0.567. The molecule has 1 aromatic rings. The first-order valence-electron chi connectivity index (χ1n) is 4.17. The van der Waals surface area contributed by atoms with Crippen LogP contribution in [0.2, 0.25) is 0 Å². The van der Waals surface area contributed by atoms with E-state index >= 15 is 0 Å². The summed E-state index contributed by atoms with van der Waals surface area (Å²) in [4.78, 5) is 11.0. The number of nitrogens with one attached hydrogen (secondary N) is 1. The largest absolute Gasteiger partial charge is 0.507 e. The number of hydrogen-bond acceptors (Lipinski definition) is 3. The molecular formula is C11H11NO2. The lowest BCUT2D eigenvalue weighted by Gasteiger charge is -2.02. The average molecular weight is 189 g/mol. The molecule has 0 atom stereocenters. The lowest BCUT2D eigenvalue weighted by atomic mass is 10.1. The van der Waals surface area contributed by atoms with Crippen LogP contribution in [0, 0.1) is 5.41 Å². The third-order valence-corrected chi connectivity index (χ3v) is 1.83. The van der Waals surface area contributed by atoms with Crippen molar-refractivity contribution in [3.05, 3.63) is 41.5 Å². The van der Waals surface area contributed by atoms with E-state index in [0.717, 1.165) is 6.21 Å². The van der Waals surface area contributed by atoms with Crippen LogP contribution in [0.1, 0.15) is 12.5 Å². The molecule has 0 saturated carbocycles. The van der Waals surface area contributed by atoms with Gasteiger partial charge in [-0.25, -0.2) is 0 Å². The molecule has 3 nitrogen and oxygen atoms in total. The highest BCUT2D eigenvalue weighted by molar-refractivity contribution is 6.16. The Hall–Kier alpha value is -1.90. The van der Waals surface area contributed by atoms with Crippen molar-refractivity contribution in [2.24, 2.45) is 0 Å². The van der Waals surface area contributed by atoms with Gasteiger partial charge in [0.1, 0.15) is 5.76 Å². The normalized spacial score (nSPS) is 11.8. The van der Waals surface area contributed by atoms with Crippen LogP contribution in [-0.2, 0) is 4.79 Å². The van der Waals surface area contributed by atoms with Gasteiger partial charge in [0, 0.05) is 11.8 Å². The molecule has 0 heterocycles. The predicted molar refractivity (Wildman–Crippen MR) is 55.5 cm³/mol. The summed E-state index contributed by atoms with van der Waals surface area (Å²) in [6.07, 6.45) is 0.866. The zero-order chi connectivity index (χ0) is 10.6. The van der Waals surface area contributed by atoms with Crippen molar-refractivity contribution in [1.29, 1.82) is 5.41 Å². The lowest BCUT2D eigenvalue weighted by Crippen LogP contribution is -2.01. The number of Topliss-reactive ketones (excluding diaryl/α,β-unsaturated/α-hetero) is 1. The molecule has 72 valence electrons. The average Bonchev–Trinajstić information content (AvgIpc) is 2.19. The van der Waals surface area contributed by atoms with E-state index in [1.165, 1.54) is 6.92 Å². The second-order valence-corrected chi connectivity index (χ2v) is 2.83. The Labute approximate surface area is 82.2 Å². The summed E-state index contributed by atoms with van der Waals surface area (Å²) in [6, 6.07) is 8.69. The minimum Gasteiger partial charge on any atom is -0.507 e. The Balaban J connectivity index is 3.21. The van der Waals surface area contributed by atoms with E-state index < -0.39 is 0 Å². The zero-order valence-electron chi connectivity index (χ0n) is 7.82. The summed E-state index contributed by atoms with van der Waals surface area (Å²) in [5.74, 6) is -0.463. The highest BCUT2D eigenvalue weighted by atomic mass is 16.3. The summed E-state index contributed by atoms with van der Waals surface area (Å²) in [7, 11) is 0. The minimum absolute atomic E-state index is 0.0243. The Morgan fingerprint density at radius 3 is 2.36 bits per heavy atom. The Morgan fingerprint density at radius 2 is 1.93 bits per heavy atom. The lowest BCUT2D eigenvalue weighted by molar-refractivity contribution is -0.113. The van der Waals surface area contributed by atoms with Crippen LogP contribution < -0.4 is 0 Å². The van der Waals surface area contributed by atoms with E-state index in [9.17, 15) is 9.90 Å². The van der Waals surface area contributed by atoms with Gasteiger partial charge in [-0.2, -0.15) is 0 Å². The monoisotopic (exact) mass is 189 g/mol. The first-order chi connectivity index (χ1) is 6.66. The van der Waals surface area contributed by atoms with Crippen LogP contribution in [0.4, 0.5) is 0 Å². The topological polar surface area (TPSA) is 61.2 Å². The molecule has 0 saturated heterocycles. The molecule has 0 spiro atoms. The molecule has 0 aliphatic rings. The maximum absolute atomic E-state index is 11.0. The third kappa shape index (κ3) is 2.07. The van der Waals surface area contributed by atoms with Crippen LogP contribution in [0.15, 0.2) is 35.9 Å². The maximum atomic E-state index is 11.0. The smallest absolute Gasteiger partial charge is 0.165 e. The number of carbonyl (C=O) groups excluding carboxylic acids is 1. The van der Waals surface area contributed by atoms with Crippen molar-refractivity contribution in [2.45, 2.75) is 6.92 Å². The number of benzene rings is 1. The number of ketones is 1. The fourth-order valence-electron chi connectivity index (χ4n) is 1.09. The van der Waals surface area contributed by atoms with E-state index in [4.69, 9.17) is 5.41 Å². The molecule has 0 bridgehead atoms. The number of hydrogen-bond donors (Lipinski definition) is 2. The third-order valence-electron chi connectivity index (χ3n) is 1.83. The highest BCUT2D eigenvalue weighted by Crippen LogP contribution is 2.14. The Morgan fingerprint density at radius 1 is 1.36 bits per heavy atom. The molecular weight excluding hydrogens is 178 g/mol. The van der Waals surface area contributed by atoms with Crippen molar-refractivity contribution in [3.8, 4) is 0 Å². The van der Waals surface area contributed by atoms with Crippen molar-refractivity contribution in [2.75, 3.05) is 0 Å². The van der Waals surface area contributed by atoms with Crippen molar-refractivity contribution in [3.63, 3.8) is 0 Å². The number of rotatable bonds is 3. The predicted octanol–water partition coefficient (Wildman–Crippen LogP) is 2.19. The first-order valence-corrected chi connectivity index (χ1v) is 4.17. The van der Waals surface area contributed by atoms with Crippen molar-refractivity contribution < 1.29 is 9.90 Å². The van der Waals surface area contributed by atoms with Gasteiger partial charge in [-0.15, -0.1) is 0 Å². The molecule has 1 aromatic carbocycles. The molecule has 2 N–H and O–H groups in total. The van der Waals surface area contributed by atoms with Crippen molar-refractivity contribution in [1.82, 2.24) is 0 Å². The first kappa shape index (κ1) is 10.2. The van der Waals surface area contributed by atoms with E-state index in [0.29, 0.717) is 5.56 Å². The van der Waals surface area contributed by atoms with Crippen LogP contribution in [0.3, 0.4) is 0 Å². The summed E-state index contributed by atoms with van der Waals surface area (Å²) < 4.78 is 0. The quantitative estimate of drug-likeness (QED) is 0.435. The summed E-state index contributed by atoms with van der Waals surface area (Å²) >= 11 is 0. The SMILES string of the molecule is CC(=O)/C(C=N)=C(/O)c1ccccc1. The van der Waals surface area contributed by atoms with Crippen molar-refractivity contribution >= 4 is 17.8 Å². The molecule has 14 heavy (non-hydrogen) atoms. The van der Waals surface area contributed by atoms with Gasteiger partial charge in [0.2, 0.25) is 0 Å². The molecule has 1 rings (SSSR count). The van der Waals surface area contributed by atoms with Gasteiger partial charge in [-0.05, 0) is 6.92 Å². The molecule has 0 fully saturated rings. The van der Waals surface area contributed by atoms with Crippen LogP contribution in [0.5, 0.6) is 0 Å². The number of carbonyl (C=O) groups is 1. The highest BCUT2D eigenvalue weighted by Gasteiger charge is 2.09. The van der Waals surface area contributed by atoms with E-state index in [2.05, 4.69) is 0 Å². The van der Waals surface area contributed by atoms with Gasteiger partial charge in [0.25, 0.3) is 0 Å². The van der Waals surface area contributed by atoms with Crippen LogP contribution in [-0.4, -0.2) is 17.1 Å². The zero-order valence-corrected chi connectivity index (χ0v) is 7.82. The summed E-state index contributed by atoms with van der Waals surface area (Å²) in [5, 5.41) is 16.7. The molecule has 0 amide bonds. The van der Waals surface area contributed by atoms with Gasteiger partial charge in [-0.3, -0.25) is 4.79 Å². The standard InChI is InChI=1S/C11H11NO2/c1-8(13)10(7-12)11(14)9-5-3-2-4-6-9/h2-7,12,14H,1H3/b11-10+,12-7?. The fourth-order valence-corrected chi connectivity index (χ4v) is 1.09. The summed E-state index contributed by atoms with van der Waals surface area (Å²) in [6.45, 7) is 1.32. The number of aliphatic hydroxyl groups is 1. The van der Waals surface area contributed by atoms with Gasteiger partial charge in [0.15, 0.2) is 5.78 Å². The van der Waals surface area contributed by atoms with Crippen LogP contribution in [0.25, 0.3) is 5.76 Å². The second-order valence-electron chi connectivity index (χ2n) is 2.83. The van der Waals surface area contributed by atoms with Crippen LogP contribution >= 0.6 is 0 Å². The fraction of sp³-hybridized carbons (Fsp3) is 0.0909. The van der Waals surface area contributed by atoms with E-state index in [1.807, 2.05) is 6.07 Å². The van der Waals surface area contributed by atoms with Gasteiger partial charge in [0.05, 0.1) is 5.57 Å². The van der Waals surface area contributed by atoms with Gasteiger partial charge < -0.3 is 10.5 Å². The van der Waals surface area contributed by atoms with Gasteiger partial charge >= 0.3 is 0 Å². The minimum atomic E-state index is -0.318. The van der Waals surface area contributed by atoms with Gasteiger partial charge in [-0.1, -0.05) is 30.3 Å². The Bertz CT molecular complexity index is 380. The maximum Gasteiger partial charge on any atom is 0.165 e. The second kappa shape index (κ2) is 4.37. The van der Waals surface area contributed by atoms with E-state index in [1.54, 1.807) is 24.3 Å². The molecule has 0 aromatic heterocycles. The molecule has 3 heteroatoms. The molecule has 0 unspecified atom stereocenters.